The maximum Gasteiger partial charge on any atom is 0.357 e. The molecule has 0 aliphatic carbocycles. The third kappa shape index (κ3) is 2.48. The van der Waals surface area contributed by atoms with Gasteiger partial charge in [-0.1, -0.05) is 0 Å². The van der Waals surface area contributed by atoms with Gasteiger partial charge in [-0.15, -0.1) is 0 Å². The number of aromatic carboxylic acids is 1. The Bertz CT molecular complexity index is 326. The van der Waals surface area contributed by atoms with E-state index in [0.29, 0.717) is 0 Å². The minimum Gasteiger partial charge on any atom is -0.476 e. The number of rotatable bonds is 3. The number of carboxylic acid groups (broad SMARTS) is 1. The number of nitrogens with zero attached hydrogens (tertiary/aromatic N) is 2. The minimum absolute atomic E-state index is 0.195. The quantitative estimate of drug-likeness (QED) is 0.892. The van der Waals surface area contributed by atoms with Crippen molar-refractivity contribution in [1.29, 1.82) is 0 Å². The van der Waals surface area contributed by atoms with E-state index in [-0.39, 0.29) is 10.2 Å². The van der Waals surface area contributed by atoms with Crippen molar-refractivity contribution in [1.82, 2.24) is 9.78 Å². The largest absolute Gasteiger partial charge is 0.476 e. The van der Waals surface area contributed by atoms with Gasteiger partial charge in [-0.05, 0) is 15.9 Å². The first-order chi connectivity index (χ1) is 6.00. The second kappa shape index (κ2) is 3.82. The van der Waals surface area contributed by atoms with Gasteiger partial charge < -0.3 is 5.11 Å². The Labute approximate surface area is 80.3 Å². The molecule has 0 aliphatic heterocycles. The van der Waals surface area contributed by atoms with Crippen molar-refractivity contribution in [2.75, 3.05) is 0 Å². The molecule has 1 aromatic rings. The maximum absolute atomic E-state index is 11.8. The Morgan fingerprint density at radius 2 is 2.38 bits per heavy atom. The van der Waals surface area contributed by atoms with Crippen molar-refractivity contribution < 1.29 is 18.7 Å². The van der Waals surface area contributed by atoms with Crippen molar-refractivity contribution in [2.45, 2.75) is 13.0 Å². The van der Waals surface area contributed by atoms with Crippen LogP contribution in [0.5, 0.6) is 0 Å². The summed E-state index contributed by atoms with van der Waals surface area (Å²) in [6, 6.07) is 0. The maximum atomic E-state index is 11.8. The molecule has 0 bridgehead atoms. The zero-order valence-corrected chi connectivity index (χ0v) is 7.83. The van der Waals surface area contributed by atoms with Crippen LogP contribution in [0.15, 0.2) is 10.7 Å². The average molecular weight is 255 g/mol. The highest BCUT2D eigenvalue weighted by Gasteiger charge is 2.15. The van der Waals surface area contributed by atoms with Crippen molar-refractivity contribution in [2.24, 2.45) is 0 Å². The molecule has 4 nitrogen and oxygen atoms in total. The summed E-state index contributed by atoms with van der Waals surface area (Å²) < 4.78 is 24.8. The fourth-order valence-electron chi connectivity index (χ4n) is 0.777. The Kier molecular flexibility index (Phi) is 2.97. The van der Waals surface area contributed by atoms with Gasteiger partial charge in [-0.3, -0.25) is 4.68 Å². The normalized spacial score (nSPS) is 10.8. The summed E-state index contributed by atoms with van der Waals surface area (Å²) in [4.78, 5) is 10.4. The van der Waals surface area contributed by atoms with E-state index in [0.717, 1.165) is 4.68 Å². The van der Waals surface area contributed by atoms with E-state index in [1.54, 1.807) is 0 Å². The number of halogens is 3. The number of carboxylic acids is 1. The molecule has 0 atom stereocenters. The zero-order chi connectivity index (χ0) is 10.0. The molecule has 1 aromatic heterocycles. The molecule has 13 heavy (non-hydrogen) atoms. The van der Waals surface area contributed by atoms with Gasteiger partial charge in [0.15, 0.2) is 5.69 Å². The smallest absolute Gasteiger partial charge is 0.357 e. The fraction of sp³-hybridized carbons (Fsp3) is 0.333. The molecule has 0 radical (unpaired) electrons. The van der Waals surface area contributed by atoms with Gasteiger partial charge >= 0.3 is 5.97 Å². The molecule has 0 amide bonds. The van der Waals surface area contributed by atoms with Crippen molar-refractivity contribution in [3.63, 3.8) is 0 Å². The summed E-state index contributed by atoms with van der Waals surface area (Å²) in [5, 5.41) is 12.0. The van der Waals surface area contributed by atoms with E-state index < -0.39 is 18.9 Å². The molecule has 0 fully saturated rings. The van der Waals surface area contributed by atoms with E-state index in [1.165, 1.54) is 6.20 Å². The molecule has 0 aliphatic rings. The van der Waals surface area contributed by atoms with Gasteiger partial charge in [-0.25, -0.2) is 13.6 Å². The van der Waals surface area contributed by atoms with Gasteiger partial charge in [0.05, 0.1) is 4.47 Å². The highest BCUT2D eigenvalue weighted by Crippen LogP contribution is 2.15. The Morgan fingerprint density at radius 3 is 2.77 bits per heavy atom. The molecule has 1 N–H and O–H groups in total. The van der Waals surface area contributed by atoms with Gasteiger partial charge in [0, 0.05) is 6.20 Å². The van der Waals surface area contributed by atoms with Crippen LogP contribution in [0.25, 0.3) is 0 Å². The third-order valence-electron chi connectivity index (χ3n) is 1.24. The molecular weight excluding hydrogens is 250 g/mol. The number of aromatic nitrogens is 2. The van der Waals surface area contributed by atoms with Gasteiger partial charge in [-0.2, -0.15) is 5.10 Å². The summed E-state index contributed by atoms with van der Waals surface area (Å²) in [7, 11) is 0. The van der Waals surface area contributed by atoms with Crippen LogP contribution in [0, 0.1) is 0 Å². The number of carbonyl (C=O) groups is 1. The first-order valence-electron chi connectivity index (χ1n) is 3.25. The van der Waals surface area contributed by atoms with Crippen molar-refractivity contribution >= 4 is 21.9 Å². The summed E-state index contributed by atoms with van der Waals surface area (Å²) in [6.45, 7) is -0.605. The van der Waals surface area contributed by atoms with E-state index in [9.17, 15) is 13.6 Å². The zero-order valence-electron chi connectivity index (χ0n) is 6.25. The minimum atomic E-state index is -2.55. The van der Waals surface area contributed by atoms with Crippen LogP contribution in [-0.4, -0.2) is 27.3 Å². The number of alkyl halides is 2. The second-order valence-corrected chi connectivity index (χ2v) is 3.10. The van der Waals surface area contributed by atoms with Crippen LogP contribution < -0.4 is 0 Å². The lowest BCUT2D eigenvalue weighted by Gasteiger charge is -1.97. The number of hydrogen-bond donors (Lipinski definition) is 1. The van der Waals surface area contributed by atoms with E-state index in [2.05, 4.69) is 21.0 Å². The highest BCUT2D eigenvalue weighted by molar-refractivity contribution is 9.10. The standard InChI is InChI=1S/C6H5BrF2N2O2/c7-3-1-11(2-4(8)9)10-5(3)6(12)13/h1,4H,2H2,(H,12,13). The Hall–Kier alpha value is -0.980. The van der Waals surface area contributed by atoms with Crippen LogP contribution in [0.4, 0.5) is 8.78 Å². The second-order valence-electron chi connectivity index (χ2n) is 2.24. The lowest BCUT2D eigenvalue weighted by Crippen LogP contribution is -2.08. The summed E-state index contributed by atoms with van der Waals surface area (Å²) in [6.07, 6.45) is -1.34. The van der Waals surface area contributed by atoms with Gasteiger partial charge in [0.25, 0.3) is 6.43 Å². The first kappa shape index (κ1) is 10.1. The molecule has 0 saturated heterocycles. The molecular formula is C6H5BrF2N2O2. The first-order valence-corrected chi connectivity index (χ1v) is 4.04. The van der Waals surface area contributed by atoms with Crippen molar-refractivity contribution in [3.05, 3.63) is 16.4 Å². The predicted molar refractivity (Wildman–Crippen MR) is 42.9 cm³/mol. The van der Waals surface area contributed by atoms with E-state index in [4.69, 9.17) is 5.11 Å². The van der Waals surface area contributed by atoms with Crippen LogP contribution >= 0.6 is 15.9 Å². The fourth-order valence-corrected chi connectivity index (χ4v) is 1.26. The highest BCUT2D eigenvalue weighted by atomic mass is 79.9. The van der Waals surface area contributed by atoms with Crippen molar-refractivity contribution in [3.8, 4) is 0 Å². The molecule has 72 valence electrons. The van der Waals surface area contributed by atoms with E-state index in [1.807, 2.05) is 0 Å². The molecule has 7 heteroatoms. The predicted octanol–water partition coefficient (Wildman–Crippen LogP) is 1.61. The molecule has 0 unspecified atom stereocenters. The number of hydrogen-bond acceptors (Lipinski definition) is 2. The molecule has 1 heterocycles. The van der Waals surface area contributed by atoms with Crippen LogP contribution in [0.3, 0.4) is 0 Å². The van der Waals surface area contributed by atoms with Crippen LogP contribution in [0.1, 0.15) is 10.5 Å². The SMILES string of the molecule is O=C(O)c1nn(CC(F)F)cc1Br. The van der Waals surface area contributed by atoms with Crippen LogP contribution in [0.2, 0.25) is 0 Å². The average Bonchev–Trinajstić information content (AvgIpc) is 2.29. The Balaban J connectivity index is 2.89. The summed E-state index contributed by atoms with van der Waals surface area (Å²) in [5.74, 6) is -1.25. The third-order valence-corrected chi connectivity index (χ3v) is 1.83. The van der Waals surface area contributed by atoms with Gasteiger partial charge in [0.2, 0.25) is 0 Å². The summed E-state index contributed by atoms with van der Waals surface area (Å²) in [5.41, 5.74) is -0.263. The molecule has 1 rings (SSSR count). The lowest BCUT2D eigenvalue weighted by molar-refractivity contribution is 0.0685. The Morgan fingerprint density at radius 1 is 1.77 bits per heavy atom. The van der Waals surface area contributed by atoms with Gasteiger partial charge in [0.1, 0.15) is 6.54 Å². The topological polar surface area (TPSA) is 55.1 Å². The summed E-state index contributed by atoms with van der Waals surface area (Å²) >= 11 is 2.90. The molecule has 0 saturated carbocycles. The molecule has 0 aromatic carbocycles. The van der Waals surface area contributed by atoms with E-state index >= 15 is 0 Å². The lowest BCUT2D eigenvalue weighted by atomic mass is 10.4. The monoisotopic (exact) mass is 254 g/mol. The van der Waals surface area contributed by atoms with Crippen LogP contribution in [-0.2, 0) is 6.54 Å². The molecule has 0 spiro atoms.